The number of nitrogens with one attached hydrogen (secondary N) is 1. The van der Waals surface area contributed by atoms with Crippen molar-refractivity contribution in [3.8, 4) is 0 Å². The molecule has 0 atom stereocenters. The Morgan fingerprint density at radius 3 is 2.62 bits per heavy atom. The number of aromatic nitrogens is 2. The molecule has 3 aromatic rings. The molecule has 0 aliphatic rings. The molecule has 21 heavy (non-hydrogen) atoms. The Kier molecular flexibility index (Phi) is 3.44. The fourth-order valence-electron chi connectivity index (χ4n) is 2.31. The number of anilines is 1. The third kappa shape index (κ3) is 2.65. The first-order valence-corrected chi connectivity index (χ1v) is 6.98. The Balaban J connectivity index is 1.89. The van der Waals surface area contributed by atoms with Gasteiger partial charge in [0.2, 0.25) is 0 Å². The molecule has 0 aliphatic heterocycles. The van der Waals surface area contributed by atoms with Gasteiger partial charge in [0.25, 0.3) is 5.91 Å². The van der Waals surface area contributed by atoms with Gasteiger partial charge in [-0.3, -0.25) is 4.79 Å². The lowest BCUT2D eigenvalue weighted by Gasteiger charge is -2.08. The first-order valence-electron chi connectivity index (χ1n) is 6.98. The van der Waals surface area contributed by atoms with Crippen LogP contribution in [0.1, 0.15) is 30.2 Å². The van der Waals surface area contributed by atoms with E-state index in [0.29, 0.717) is 11.6 Å². The van der Waals surface area contributed by atoms with E-state index >= 15 is 0 Å². The van der Waals surface area contributed by atoms with Crippen molar-refractivity contribution in [2.75, 3.05) is 5.32 Å². The SMILES string of the molecule is CC(C)n1cnc2cc(C(=O)Nc3ccccc3)ccc21. The van der Waals surface area contributed by atoms with Gasteiger partial charge in [-0.2, -0.15) is 0 Å². The number of carbonyl (C=O) groups excluding carboxylic acids is 1. The fraction of sp³-hybridized carbons (Fsp3) is 0.176. The summed E-state index contributed by atoms with van der Waals surface area (Å²) in [4.78, 5) is 16.6. The summed E-state index contributed by atoms with van der Waals surface area (Å²) in [5.74, 6) is -0.123. The maximum Gasteiger partial charge on any atom is 0.255 e. The first-order chi connectivity index (χ1) is 10.1. The van der Waals surface area contributed by atoms with Crippen LogP contribution in [0, 0.1) is 0 Å². The number of nitrogens with zero attached hydrogens (tertiary/aromatic N) is 2. The molecule has 0 bridgehead atoms. The molecule has 4 heteroatoms. The molecule has 2 aromatic carbocycles. The Morgan fingerprint density at radius 2 is 1.90 bits per heavy atom. The standard InChI is InChI=1S/C17H17N3O/c1-12(2)20-11-18-15-10-13(8-9-16(15)20)17(21)19-14-6-4-3-5-7-14/h3-12H,1-2H3,(H,19,21). The summed E-state index contributed by atoms with van der Waals surface area (Å²) in [7, 11) is 0. The van der Waals surface area contributed by atoms with Gasteiger partial charge in [0, 0.05) is 17.3 Å². The Bertz CT molecular complexity index is 775. The van der Waals surface area contributed by atoms with Gasteiger partial charge in [-0.1, -0.05) is 18.2 Å². The topological polar surface area (TPSA) is 46.9 Å². The number of rotatable bonds is 3. The minimum atomic E-state index is -0.123. The summed E-state index contributed by atoms with van der Waals surface area (Å²) in [6.45, 7) is 4.22. The molecule has 0 radical (unpaired) electrons. The van der Waals surface area contributed by atoms with Crippen LogP contribution in [0.2, 0.25) is 0 Å². The molecule has 3 rings (SSSR count). The van der Waals surface area contributed by atoms with Gasteiger partial charge in [-0.15, -0.1) is 0 Å². The van der Waals surface area contributed by atoms with Gasteiger partial charge in [0.15, 0.2) is 0 Å². The molecule has 106 valence electrons. The van der Waals surface area contributed by atoms with Gasteiger partial charge in [0.05, 0.1) is 17.4 Å². The maximum atomic E-state index is 12.3. The third-order valence-electron chi connectivity index (χ3n) is 3.42. The highest BCUT2D eigenvalue weighted by molar-refractivity contribution is 6.05. The van der Waals surface area contributed by atoms with Gasteiger partial charge in [-0.05, 0) is 44.2 Å². The van der Waals surface area contributed by atoms with Crippen molar-refractivity contribution in [3.05, 3.63) is 60.4 Å². The van der Waals surface area contributed by atoms with E-state index in [2.05, 4.69) is 28.7 Å². The second kappa shape index (κ2) is 5.40. The minimum absolute atomic E-state index is 0.123. The van der Waals surface area contributed by atoms with Crippen molar-refractivity contribution in [1.82, 2.24) is 9.55 Å². The van der Waals surface area contributed by atoms with Gasteiger partial charge in [0.1, 0.15) is 0 Å². The van der Waals surface area contributed by atoms with E-state index in [-0.39, 0.29) is 5.91 Å². The fourth-order valence-corrected chi connectivity index (χ4v) is 2.31. The van der Waals surface area contributed by atoms with Crippen LogP contribution in [0.3, 0.4) is 0 Å². The average Bonchev–Trinajstić information content (AvgIpc) is 2.91. The molecule has 1 heterocycles. The third-order valence-corrected chi connectivity index (χ3v) is 3.42. The van der Waals surface area contributed by atoms with Gasteiger partial charge >= 0.3 is 0 Å². The maximum absolute atomic E-state index is 12.3. The van der Waals surface area contributed by atoms with E-state index in [1.807, 2.05) is 54.9 Å². The summed E-state index contributed by atoms with van der Waals surface area (Å²) in [6, 6.07) is 15.4. The highest BCUT2D eigenvalue weighted by Crippen LogP contribution is 2.19. The number of benzene rings is 2. The molecule has 0 saturated heterocycles. The molecule has 1 N–H and O–H groups in total. The van der Waals surface area contributed by atoms with Crippen LogP contribution in [0.15, 0.2) is 54.9 Å². The van der Waals surface area contributed by atoms with Gasteiger partial charge < -0.3 is 9.88 Å². The van der Waals surface area contributed by atoms with Crippen LogP contribution in [0.25, 0.3) is 11.0 Å². The highest BCUT2D eigenvalue weighted by atomic mass is 16.1. The number of imidazole rings is 1. The number of amides is 1. The summed E-state index contributed by atoms with van der Waals surface area (Å²) in [6.07, 6.45) is 1.81. The molecule has 0 aliphatic carbocycles. The van der Waals surface area contributed by atoms with Crippen LogP contribution in [0.4, 0.5) is 5.69 Å². The second-order valence-corrected chi connectivity index (χ2v) is 5.27. The smallest absolute Gasteiger partial charge is 0.255 e. The monoisotopic (exact) mass is 279 g/mol. The number of para-hydroxylation sites is 1. The molecule has 0 unspecified atom stereocenters. The molecule has 1 aromatic heterocycles. The normalized spacial score (nSPS) is 11.0. The van der Waals surface area contributed by atoms with E-state index in [1.54, 1.807) is 0 Å². The number of carbonyl (C=O) groups is 1. The molecule has 4 nitrogen and oxygen atoms in total. The van der Waals surface area contributed by atoms with Crippen molar-refractivity contribution in [2.45, 2.75) is 19.9 Å². The van der Waals surface area contributed by atoms with Crippen molar-refractivity contribution in [2.24, 2.45) is 0 Å². The van der Waals surface area contributed by atoms with Crippen LogP contribution >= 0.6 is 0 Å². The predicted octanol–water partition coefficient (Wildman–Crippen LogP) is 3.87. The lowest BCUT2D eigenvalue weighted by molar-refractivity contribution is 0.102. The van der Waals surface area contributed by atoms with E-state index in [1.165, 1.54) is 0 Å². The van der Waals surface area contributed by atoms with E-state index in [4.69, 9.17) is 0 Å². The van der Waals surface area contributed by atoms with Crippen molar-refractivity contribution >= 4 is 22.6 Å². The Labute approximate surface area is 123 Å². The van der Waals surface area contributed by atoms with E-state index < -0.39 is 0 Å². The molecular weight excluding hydrogens is 262 g/mol. The number of hydrogen-bond donors (Lipinski definition) is 1. The average molecular weight is 279 g/mol. The van der Waals surface area contributed by atoms with E-state index in [0.717, 1.165) is 16.7 Å². The minimum Gasteiger partial charge on any atom is -0.328 e. The predicted molar refractivity (Wildman–Crippen MR) is 84.5 cm³/mol. The lowest BCUT2D eigenvalue weighted by Crippen LogP contribution is -2.11. The lowest BCUT2D eigenvalue weighted by atomic mass is 10.1. The Hall–Kier alpha value is -2.62. The van der Waals surface area contributed by atoms with E-state index in [9.17, 15) is 4.79 Å². The summed E-state index contributed by atoms with van der Waals surface area (Å²) < 4.78 is 2.09. The van der Waals surface area contributed by atoms with Crippen molar-refractivity contribution < 1.29 is 4.79 Å². The zero-order chi connectivity index (χ0) is 14.8. The number of hydrogen-bond acceptors (Lipinski definition) is 2. The van der Waals surface area contributed by atoms with Crippen LogP contribution in [0.5, 0.6) is 0 Å². The largest absolute Gasteiger partial charge is 0.328 e. The number of fused-ring (bicyclic) bond motifs is 1. The first kappa shape index (κ1) is 13.4. The van der Waals surface area contributed by atoms with Crippen LogP contribution in [-0.4, -0.2) is 15.5 Å². The van der Waals surface area contributed by atoms with Crippen molar-refractivity contribution in [3.63, 3.8) is 0 Å². The summed E-state index contributed by atoms with van der Waals surface area (Å²) >= 11 is 0. The summed E-state index contributed by atoms with van der Waals surface area (Å²) in [5, 5.41) is 2.88. The highest BCUT2D eigenvalue weighted by Gasteiger charge is 2.10. The quantitative estimate of drug-likeness (QED) is 0.791. The molecular formula is C17H17N3O. The molecule has 0 spiro atoms. The summed E-state index contributed by atoms with van der Waals surface area (Å²) in [5.41, 5.74) is 3.28. The van der Waals surface area contributed by atoms with Crippen molar-refractivity contribution in [1.29, 1.82) is 0 Å². The Morgan fingerprint density at radius 1 is 1.14 bits per heavy atom. The molecule has 0 fully saturated rings. The van der Waals surface area contributed by atoms with Gasteiger partial charge in [-0.25, -0.2) is 4.98 Å². The zero-order valence-corrected chi connectivity index (χ0v) is 12.1. The zero-order valence-electron chi connectivity index (χ0n) is 12.1. The molecule has 1 amide bonds. The van der Waals surface area contributed by atoms with Crippen LogP contribution < -0.4 is 5.32 Å². The second-order valence-electron chi connectivity index (χ2n) is 5.27. The van der Waals surface area contributed by atoms with Crippen LogP contribution in [-0.2, 0) is 0 Å². The molecule has 0 saturated carbocycles.